The summed E-state index contributed by atoms with van der Waals surface area (Å²) in [6.45, 7) is 0. The molecule has 0 radical (unpaired) electrons. The van der Waals surface area contributed by atoms with Crippen LogP contribution in [0.25, 0.3) is 0 Å². The van der Waals surface area contributed by atoms with Crippen molar-refractivity contribution in [2.75, 3.05) is 5.32 Å². The second-order valence-corrected chi connectivity index (χ2v) is 5.72. The van der Waals surface area contributed by atoms with Gasteiger partial charge in [-0.25, -0.2) is 4.79 Å². The van der Waals surface area contributed by atoms with Crippen LogP contribution in [0, 0.1) is 0 Å². The molecule has 2 aromatic rings. The summed E-state index contributed by atoms with van der Waals surface area (Å²) in [4.78, 5) is 23.2. The maximum absolute atomic E-state index is 12.3. The van der Waals surface area contributed by atoms with Gasteiger partial charge in [0.25, 0.3) is 5.91 Å². The summed E-state index contributed by atoms with van der Waals surface area (Å²) < 4.78 is 37.7. The van der Waals surface area contributed by atoms with Gasteiger partial charge in [0.05, 0.1) is 0 Å². The highest BCUT2D eigenvalue weighted by atomic mass is 79.9. The number of anilines is 1. The zero-order chi connectivity index (χ0) is 16.3. The van der Waals surface area contributed by atoms with Crippen molar-refractivity contribution in [1.29, 1.82) is 0 Å². The lowest BCUT2D eigenvalue weighted by Gasteiger charge is -2.04. The molecule has 3 amide bonds. The fraction of sp³-hybridized carbons (Fsp3) is 0.0909. The molecule has 1 aromatic heterocycles. The van der Waals surface area contributed by atoms with Crippen molar-refractivity contribution in [1.82, 2.24) is 15.5 Å². The largest absolute Gasteiger partial charge is 0.445 e. The zero-order valence-corrected chi connectivity index (χ0v) is 12.8. The first-order valence-corrected chi connectivity index (χ1v) is 7.15. The van der Waals surface area contributed by atoms with Crippen molar-refractivity contribution in [3.05, 3.63) is 39.3 Å². The second kappa shape index (κ2) is 6.40. The van der Waals surface area contributed by atoms with Crippen LogP contribution in [-0.4, -0.2) is 22.1 Å². The van der Waals surface area contributed by atoms with E-state index in [-0.39, 0.29) is 22.0 Å². The smallest absolute Gasteiger partial charge is 0.282 e. The third kappa shape index (κ3) is 4.24. The lowest BCUT2D eigenvalue weighted by atomic mass is 10.2. The van der Waals surface area contributed by atoms with Gasteiger partial charge >= 0.3 is 12.2 Å². The molecule has 0 fully saturated rings. The number of carbonyl (C=O) groups excluding carboxylic acids is 2. The van der Waals surface area contributed by atoms with E-state index in [1.807, 2.05) is 10.6 Å². The quantitative estimate of drug-likeness (QED) is 0.818. The molecular weight excluding hydrogens is 389 g/mol. The third-order valence-corrected chi connectivity index (χ3v) is 3.63. The molecule has 1 aromatic carbocycles. The zero-order valence-electron chi connectivity index (χ0n) is 10.4. The Balaban J connectivity index is 1.97. The highest BCUT2D eigenvalue weighted by Crippen LogP contribution is 2.32. The Morgan fingerprint density at radius 2 is 1.77 bits per heavy atom. The van der Waals surface area contributed by atoms with Crippen LogP contribution in [0.4, 0.5) is 23.1 Å². The average molecular weight is 395 g/mol. The number of rotatable bonds is 2. The predicted octanol–water partition coefficient (Wildman–Crippen LogP) is 3.28. The van der Waals surface area contributed by atoms with Crippen molar-refractivity contribution in [2.45, 2.75) is 6.18 Å². The normalized spacial score (nSPS) is 11.1. The molecule has 0 saturated heterocycles. The molecular formula is C11H6BrF3N4O2S. The van der Waals surface area contributed by atoms with Crippen LogP contribution in [0.3, 0.4) is 0 Å². The maximum Gasteiger partial charge on any atom is 0.445 e. The number of amides is 3. The number of benzene rings is 1. The molecule has 0 aliphatic rings. The molecule has 1 heterocycles. The third-order valence-electron chi connectivity index (χ3n) is 2.22. The summed E-state index contributed by atoms with van der Waals surface area (Å²) in [7, 11) is 0. The fourth-order valence-electron chi connectivity index (χ4n) is 1.29. The molecule has 11 heteroatoms. The Morgan fingerprint density at radius 1 is 1.14 bits per heavy atom. The molecule has 0 atom stereocenters. The molecule has 0 saturated carbocycles. The van der Waals surface area contributed by atoms with E-state index in [4.69, 9.17) is 0 Å². The molecule has 6 nitrogen and oxygen atoms in total. The highest BCUT2D eigenvalue weighted by molar-refractivity contribution is 9.10. The number of aromatic nitrogens is 2. The van der Waals surface area contributed by atoms with Gasteiger partial charge in [-0.2, -0.15) is 13.2 Å². The Kier molecular flexibility index (Phi) is 4.76. The van der Waals surface area contributed by atoms with Crippen molar-refractivity contribution in [2.24, 2.45) is 0 Å². The van der Waals surface area contributed by atoms with E-state index in [2.05, 4.69) is 26.1 Å². The van der Waals surface area contributed by atoms with Crippen LogP contribution < -0.4 is 10.6 Å². The van der Waals surface area contributed by atoms with Crippen LogP contribution in [0.15, 0.2) is 28.7 Å². The topological polar surface area (TPSA) is 84.0 Å². The molecule has 2 N–H and O–H groups in total. The lowest BCUT2D eigenvalue weighted by molar-refractivity contribution is -0.138. The molecule has 22 heavy (non-hydrogen) atoms. The molecule has 116 valence electrons. The van der Waals surface area contributed by atoms with E-state index in [1.54, 1.807) is 12.1 Å². The second-order valence-electron chi connectivity index (χ2n) is 3.83. The number of carbonyl (C=O) groups is 2. The SMILES string of the molecule is O=C(NC(=O)c1ccc(Br)cc1)Nc1nnc(C(F)(F)F)s1. The summed E-state index contributed by atoms with van der Waals surface area (Å²) in [5.41, 5.74) is 0.214. The number of nitrogens with zero attached hydrogens (tertiary/aromatic N) is 2. The Hall–Kier alpha value is -2.01. The van der Waals surface area contributed by atoms with E-state index in [0.717, 1.165) is 4.47 Å². The standard InChI is InChI=1S/C11H6BrF3N4O2S/c12-6-3-1-5(2-4-6)7(20)16-9(21)17-10-19-18-8(22-10)11(13,14)15/h1-4H,(H2,16,17,19,20,21). The van der Waals surface area contributed by atoms with Crippen LogP contribution >= 0.6 is 27.3 Å². The first kappa shape index (κ1) is 16.4. The minimum atomic E-state index is -4.64. The van der Waals surface area contributed by atoms with E-state index >= 15 is 0 Å². The van der Waals surface area contributed by atoms with Gasteiger partial charge in [-0.05, 0) is 24.3 Å². The summed E-state index contributed by atoms with van der Waals surface area (Å²) in [5.74, 6) is -0.703. The molecule has 0 aliphatic carbocycles. The summed E-state index contributed by atoms with van der Waals surface area (Å²) in [5, 5.41) is 8.49. The Labute approximate surface area is 133 Å². The number of hydrogen-bond acceptors (Lipinski definition) is 5. The molecule has 0 bridgehead atoms. The van der Waals surface area contributed by atoms with Gasteiger partial charge in [-0.15, -0.1) is 10.2 Å². The number of urea groups is 1. The Bertz CT molecular complexity index is 702. The minimum Gasteiger partial charge on any atom is -0.282 e. The molecule has 0 spiro atoms. The summed E-state index contributed by atoms with van der Waals surface area (Å²) in [6.07, 6.45) is -4.64. The van der Waals surface area contributed by atoms with Crippen molar-refractivity contribution in [3.63, 3.8) is 0 Å². The van der Waals surface area contributed by atoms with Crippen LogP contribution in [-0.2, 0) is 6.18 Å². The van der Waals surface area contributed by atoms with E-state index in [1.165, 1.54) is 12.1 Å². The van der Waals surface area contributed by atoms with Gasteiger partial charge < -0.3 is 0 Å². The van der Waals surface area contributed by atoms with Crippen molar-refractivity contribution < 1.29 is 22.8 Å². The van der Waals surface area contributed by atoms with Crippen molar-refractivity contribution in [3.8, 4) is 0 Å². The van der Waals surface area contributed by atoms with Crippen LogP contribution in [0.5, 0.6) is 0 Å². The summed E-state index contributed by atoms with van der Waals surface area (Å²) >= 11 is 3.35. The van der Waals surface area contributed by atoms with Gasteiger partial charge in [0.2, 0.25) is 10.1 Å². The minimum absolute atomic E-state index is 0.156. The molecule has 0 aliphatic heterocycles. The van der Waals surface area contributed by atoms with Gasteiger partial charge in [-0.1, -0.05) is 27.3 Å². The number of hydrogen-bond donors (Lipinski definition) is 2. The molecule has 0 unspecified atom stereocenters. The average Bonchev–Trinajstić information content (AvgIpc) is 2.87. The lowest BCUT2D eigenvalue weighted by Crippen LogP contribution is -2.34. The maximum atomic E-state index is 12.3. The molecule has 2 rings (SSSR count). The van der Waals surface area contributed by atoms with E-state index < -0.39 is 23.1 Å². The van der Waals surface area contributed by atoms with E-state index in [9.17, 15) is 22.8 Å². The Morgan fingerprint density at radius 3 is 2.32 bits per heavy atom. The van der Waals surface area contributed by atoms with Gasteiger partial charge in [0, 0.05) is 10.0 Å². The van der Waals surface area contributed by atoms with Crippen molar-refractivity contribution >= 4 is 44.3 Å². The van der Waals surface area contributed by atoms with Gasteiger partial charge in [-0.3, -0.25) is 15.4 Å². The first-order chi connectivity index (χ1) is 10.3. The van der Waals surface area contributed by atoms with Gasteiger partial charge in [0.15, 0.2) is 0 Å². The number of nitrogens with one attached hydrogen (secondary N) is 2. The number of imide groups is 1. The first-order valence-electron chi connectivity index (χ1n) is 5.54. The monoisotopic (exact) mass is 394 g/mol. The number of halogens is 4. The van der Waals surface area contributed by atoms with Crippen LogP contribution in [0.1, 0.15) is 15.4 Å². The van der Waals surface area contributed by atoms with E-state index in [0.29, 0.717) is 0 Å². The summed E-state index contributed by atoms with van der Waals surface area (Å²) in [6, 6.07) is 5.15. The van der Waals surface area contributed by atoms with Gasteiger partial charge in [0.1, 0.15) is 0 Å². The van der Waals surface area contributed by atoms with Crippen LogP contribution in [0.2, 0.25) is 0 Å². The number of alkyl halides is 3. The highest BCUT2D eigenvalue weighted by Gasteiger charge is 2.35. The predicted molar refractivity (Wildman–Crippen MR) is 75.5 cm³/mol. The fourth-order valence-corrected chi connectivity index (χ4v) is 2.16.